The maximum absolute atomic E-state index is 12.2. The molecule has 4 nitrogen and oxygen atoms in total. The van der Waals surface area contributed by atoms with Crippen LogP contribution in [0.4, 0.5) is 5.00 Å². The van der Waals surface area contributed by atoms with Gasteiger partial charge >= 0.3 is 0 Å². The van der Waals surface area contributed by atoms with Crippen LogP contribution in [0.1, 0.15) is 52.9 Å². The summed E-state index contributed by atoms with van der Waals surface area (Å²) in [6.45, 7) is 3.80. The number of aryl methyl sites for hydroxylation is 1. The second-order valence-electron chi connectivity index (χ2n) is 5.18. The normalized spacial score (nSPS) is 16.3. The van der Waals surface area contributed by atoms with E-state index >= 15 is 0 Å². The maximum atomic E-state index is 12.2. The Labute approximate surface area is 117 Å². The summed E-state index contributed by atoms with van der Waals surface area (Å²) in [5, 5.41) is 3.51. The fraction of sp³-hybridized carbons (Fsp3) is 0.571. The molecule has 0 radical (unpaired) electrons. The lowest BCUT2D eigenvalue weighted by molar-refractivity contribution is -0.120. The number of primary amides is 1. The Bertz CT molecular complexity index is 502. The Morgan fingerprint density at radius 2 is 1.84 bits per heavy atom. The molecule has 0 saturated heterocycles. The summed E-state index contributed by atoms with van der Waals surface area (Å²) in [6, 6.07) is 0. The molecule has 19 heavy (non-hydrogen) atoms. The van der Waals surface area contributed by atoms with Gasteiger partial charge in [0.25, 0.3) is 5.91 Å². The Morgan fingerprint density at radius 1 is 1.21 bits per heavy atom. The third-order valence-corrected chi connectivity index (χ3v) is 4.97. The molecule has 2 amide bonds. The van der Waals surface area contributed by atoms with Crippen LogP contribution < -0.4 is 11.1 Å². The van der Waals surface area contributed by atoms with Crippen molar-refractivity contribution in [1.82, 2.24) is 0 Å². The first kappa shape index (κ1) is 14.1. The summed E-state index contributed by atoms with van der Waals surface area (Å²) in [5.41, 5.74) is 6.74. The van der Waals surface area contributed by atoms with Gasteiger partial charge in [-0.15, -0.1) is 11.3 Å². The quantitative estimate of drug-likeness (QED) is 0.893. The molecule has 0 spiro atoms. The van der Waals surface area contributed by atoms with E-state index in [0.29, 0.717) is 10.6 Å². The number of nitrogens with two attached hydrogens (primary N) is 1. The monoisotopic (exact) mass is 280 g/mol. The second-order valence-corrected chi connectivity index (χ2v) is 6.40. The van der Waals surface area contributed by atoms with Gasteiger partial charge < -0.3 is 11.1 Å². The van der Waals surface area contributed by atoms with Gasteiger partial charge in [0.15, 0.2) is 0 Å². The Morgan fingerprint density at radius 3 is 2.42 bits per heavy atom. The van der Waals surface area contributed by atoms with E-state index in [1.54, 1.807) is 0 Å². The third-order valence-electron chi connectivity index (χ3n) is 3.84. The predicted molar refractivity (Wildman–Crippen MR) is 77.5 cm³/mol. The van der Waals surface area contributed by atoms with Crippen molar-refractivity contribution < 1.29 is 9.59 Å². The van der Waals surface area contributed by atoms with Crippen LogP contribution in [0, 0.1) is 19.8 Å². The van der Waals surface area contributed by atoms with E-state index in [1.165, 1.54) is 17.8 Å². The average molecular weight is 280 g/mol. The van der Waals surface area contributed by atoms with Crippen molar-refractivity contribution in [1.29, 1.82) is 0 Å². The SMILES string of the molecule is Cc1sc(NC(=O)C2CCCCC2)c(C(N)=O)c1C. The standard InChI is InChI=1S/C14H20N2O2S/c1-8-9(2)19-14(11(8)12(15)17)16-13(18)10-6-4-3-5-7-10/h10H,3-7H2,1-2H3,(H2,15,17)(H,16,18). The highest BCUT2D eigenvalue weighted by molar-refractivity contribution is 7.16. The molecular weight excluding hydrogens is 260 g/mol. The van der Waals surface area contributed by atoms with Crippen molar-refractivity contribution in [2.45, 2.75) is 46.0 Å². The molecule has 104 valence electrons. The van der Waals surface area contributed by atoms with Gasteiger partial charge in [-0.2, -0.15) is 0 Å². The number of anilines is 1. The van der Waals surface area contributed by atoms with Crippen molar-refractivity contribution in [3.63, 3.8) is 0 Å². The van der Waals surface area contributed by atoms with E-state index in [-0.39, 0.29) is 11.8 Å². The zero-order valence-corrected chi connectivity index (χ0v) is 12.2. The number of carbonyl (C=O) groups excluding carboxylic acids is 2. The Hall–Kier alpha value is -1.36. The average Bonchev–Trinajstić information content (AvgIpc) is 2.65. The van der Waals surface area contributed by atoms with Gasteiger partial charge in [0, 0.05) is 10.8 Å². The molecule has 0 bridgehead atoms. The van der Waals surface area contributed by atoms with Gasteiger partial charge in [-0.1, -0.05) is 19.3 Å². The first-order valence-corrected chi connectivity index (χ1v) is 7.53. The second kappa shape index (κ2) is 5.74. The van der Waals surface area contributed by atoms with Crippen molar-refractivity contribution in [2.75, 3.05) is 5.32 Å². The van der Waals surface area contributed by atoms with Crippen LogP contribution in [0.3, 0.4) is 0 Å². The summed E-state index contributed by atoms with van der Waals surface area (Å²) < 4.78 is 0. The van der Waals surface area contributed by atoms with Crippen LogP contribution in [-0.2, 0) is 4.79 Å². The fourth-order valence-corrected chi connectivity index (χ4v) is 3.66. The summed E-state index contributed by atoms with van der Waals surface area (Å²) in [6.07, 6.45) is 5.34. The molecule has 0 aromatic carbocycles. The summed E-state index contributed by atoms with van der Waals surface area (Å²) in [5.74, 6) is -0.360. The molecule has 1 aromatic rings. The minimum atomic E-state index is -0.471. The number of nitrogens with one attached hydrogen (secondary N) is 1. The zero-order valence-electron chi connectivity index (χ0n) is 11.4. The van der Waals surface area contributed by atoms with Crippen LogP contribution >= 0.6 is 11.3 Å². The van der Waals surface area contributed by atoms with Crippen molar-refractivity contribution in [2.24, 2.45) is 11.7 Å². The number of hydrogen-bond donors (Lipinski definition) is 2. The van der Waals surface area contributed by atoms with Gasteiger partial charge in [-0.25, -0.2) is 0 Å². The molecule has 1 aliphatic carbocycles. The molecule has 2 rings (SSSR count). The minimum Gasteiger partial charge on any atom is -0.365 e. The van der Waals surface area contributed by atoms with Crippen molar-refractivity contribution >= 4 is 28.2 Å². The number of rotatable bonds is 3. The molecule has 0 aliphatic heterocycles. The van der Waals surface area contributed by atoms with Gasteiger partial charge in [0.05, 0.1) is 5.56 Å². The van der Waals surface area contributed by atoms with E-state index in [0.717, 1.165) is 36.1 Å². The molecular formula is C14H20N2O2S. The van der Waals surface area contributed by atoms with Crippen molar-refractivity contribution in [3.8, 4) is 0 Å². The van der Waals surface area contributed by atoms with Crippen LogP contribution in [0.2, 0.25) is 0 Å². The van der Waals surface area contributed by atoms with E-state index in [9.17, 15) is 9.59 Å². The third kappa shape index (κ3) is 2.97. The summed E-state index contributed by atoms with van der Waals surface area (Å²) in [4.78, 5) is 24.7. The molecule has 3 N–H and O–H groups in total. The molecule has 1 saturated carbocycles. The smallest absolute Gasteiger partial charge is 0.251 e. The Balaban J connectivity index is 2.16. The summed E-state index contributed by atoms with van der Waals surface area (Å²) in [7, 11) is 0. The van der Waals surface area contributed by atoms with Gasteiger partial charge in [0.1, 0.15) is 5.00 Å². The maximum Gasteiger partial charge on any atom is 0.251 e. The van der Waals surface area contributed by atoms with Crippen LogP contribution in [0.15, 0.2) is 0 Å². The van der Waals surface area contributed by atoms with E-state index in [2.05, 4.69) is 5.32 Å². The molecule has 0 unspecified atom stereocenters. The number of carbonyl (C=O) groups is 2. The lowest BCUT2D eigenvalue weighted by Gasteiger charge is -2.20. The van der Waals surface area contributed by atoms with E-state index in [1.807, 2.05) is 13.8 Å². The van der Waals surface area contributed by atoms with E-state index in [4.69, 9.17) is 5.73 Å². The predicted octanol–water partition coefficient (Wildman–Crippen LogP) is 2.98. The lowest BCUT2D eigenvalue weighted by atomic mass is 9.89. The number of amides is 2. The highest BCUT2D eigenvalue weighted by Crippen LogP contribution is 2.33. The summed E-state index contributed by atoms with van der Waals surface area (Å²) >= 11 is 1.43. The first-order chi connectivity index (χ1) is 9.00. The number of hydrogen-bond acceptors (Lipinski definition) is 3. The van der Waals surface area contributed by atoms with Gasteiger partial charge in [-0.3, -0.25) is 9.59 Å². The molecule has 1 aromatic heterocycles. The molecule has 1 fully saturated rings. The van der Waals surface area contributed by atoms with Crippen LogP contribution in [0.25, 0.3) is 0 Å². The van der Waals surface area contributed by atoms with Crippen LogP contribution in [-0.4, -0.2) is 11.8 Å². The molecule has 5 heteroatoms. The highest BCUT2D eigenvalue weighted by Gasteiger charge is 2.24. The number of thiophene rings is 1. The van der Waals surface area contributed by atoms with Crippen LogP contribution in [0.5, 0.6) is 0 Å². The molecule has 1 aliphatic rings. The Kier molecular flexibility index (Phi) is 4.24. The molecule has 0 atom stereocenters. The largest absolute Gasteiger partial charge is 0.365 e. The minimum absolute atomic E-state index is 0.0310. The van der Waals surface area contributed by atoms with E-state index < -0.39 is 5.91 Å². The van der Waals surface area contributed by atoms with Gasteiger partial charge in [-0.05, 0) is 32.3 Å². The fourth-order valence-electron chi connectivity index (χ4n) is 2.59. The highest BCUT2D eigenvalue weighted by atomic mass is 32.1. The topological polar surface area (TPSA) is 72.2 Å². The first-order valence-electron chi connectivity index (χ1n) is 6.71. The zero-order chi connectivity index (χ0) is 14.0. The lowest BCUT2D eigenvalue weighted by Crippen LogP contribution is -2.25. The van der Waals surface area contributed by atoms with Gasteiger partial charge in [0.2, 0.25) is 5.91 Å². The van der Waals surface area contributed by atoms with Crippen molar-refractivity contribution in [3.05, 3.63) is 16.0 Å². The molecule has 1 heterocycles.